The Morgan fingerprint density at radius 2 is 0.810 bits per heavy atom. The summed E-state index contributed by atoms with van der Waals surface area (Å²) in [6.45, 7) is 7.29. The van der Waals surface area contributed by atoms with Crippen molar-refractivity contribution in [3.8, 4) is 11.5 Å². The van der Waals surface area contributed by atoms with Crippen LogP contribution >= 0.6 is 0 Å². The number of aromatic hydroxyl groups is 2. The molecule has 0 heterocycles. The molecule has 0 saturated heterocycles. The molecule has 0 amide bonds. The highest BCUT2D eigenvalue weighted by Gasteiger charge is 2.21. The molecule has 0 bridgehead atoms. The van der Waals surface area contributed by atoms with E-state index < -0.39 is 57.2 Å². The predicted molar refractivity (Wildman–Crippen MR) is 283 cm³/mol. The number of aryl methyl sites for hydroxylation is 4. The minimum atomic E-state index is -4.81. The molecule has 0 unspecified atom stereocenters. The van der Waals surface area contributed by atoms with E-state index in [1.807, 2.05) is 32.9 Å². The third kappa shape index (κ3) is 15.7. The number of hydrogen-bond donors (Lipinski definition) is 5. The monoisotopic (exact) mass is 1150 g/mol. The van der Waals surface area contributed by atoms with Gasteiger partial charge in [-0.15, -0.1) is 35.5 Å². The second kappa shape index (κ2) is 25.0. The molecule has 79 heavy (non-hydrogen) atoms. The SMILES string of the molecule is Cc1cc(N=Nc2cc(C)c(N=Nc3ccc4cc(N=Nc5ccc(O)c(C(=O)O)c5)ccc4c3O)cc2C)ccc1N=Nc1ccc(N=Nc2cc3c(S(=O)(=O)O)cccc3cc2S(=O)(=O)O)c(C)c1.O=S(=O)=O.O=S(=O)=O. The lowest BCUT2D eigenvalue weighted by Crippen LogP contribution is -2.01. The zero-order valence-electron chi connectivity index (χ0n) is 41.0. The van der Waals surface area contributed by atoms with E-state index in [-0.39, 0.29) is 44.9 Å². The maximum absolute atomic E-state index is 12.2. The second-order valence-corrected chi connectivity index (χ2v) is 20.0. The van der Waals surface area contributed by atoms with Crippen LogP contribution in [0.25, 0.3) is 21.5 Å². The summed E-state index contributed by atoms with van der Waals surface area (Å²) >= 11 is 0. The van der Waals surface area contributed by atoms with Gasteiger partial charge in [-0.2, -0.15) is 57.7 Å². The third-order valence-corrected chi connectivity index (χ3v) is 12.7. The zero-order valence-corrected chi connectivity index (χ0v) is 44.2. The van der Waals surface area contributed by atoms with Crippen LogP contribution in [0.4, 0.5) is 56.9 Å². The quantitative estimate of drug-likeness (QED) is 0.0529. The Labute approximate surface area is 450 Å². The van der Waals surface area contributed by atoms with Gasteiger partial charge in [-0.05, 0) is 170 Å². The Morgan fingerprint density at radius 1 is 0.405 bits per heavy atom. The molecule has 8 rings (SSSR count). The lowest BCUT2D eigenvalue weighted by Gasteiger charge is -2.08. The topological polar surface area (TPSA) is 413 Å². The molecule has 404 valence electrons. The molecular weight excluding hydrogens is 1110 g/mol. The number of benzene rings is 8. The number of rotatable bonds is 13. The summed E-state index contributed by atoms with van der Waals surface area (Å²) < 4.78 is 119. The Hall–Kier alpha value is -9.59. The van der Waals surface area contributed by atoms with Crippen molar-refractivity contribution in [2.75, 3.05) is 0 Å². The van der Waals surface area contributed by atoms with E-state index in [2.05, 4.69) is 51.1 Å². The van der Waals surface area contributed by atoms with E-state index in [0.717, 1.165) is 34.9 Å². The van der Waals surface area contributed by atoms with Crippen LogP contribution in [0.3, 0.4) is 0 Å². The van der Waals surface area contributed by atoms with Gasteiger partial charge in [0.1, 0.15) is 32.5 Å². The summed E-state index contributed by atoms with van der Waals surface area (Å²) in [4.78, 5) is 10.3. The number of fused-ring (bicyclic) bond motifs is 2. The summed E-state index contributed by atoms with van der Waals surface area (Å²) in [5.74, 6) is -1.76. The van der Waals surface area contributed by atoms with Gasteiger partial charge in [-0.3, -0.25) is 9.11 Å². The Kier molecular flexibility index (Phi) is 18.6. The number of phenols is 2. The molecule has 8 aromatic rings. The van der Waals surface area contributed by atoms with E-state index in [4.69, 9.17) is 25.3 Å². The fraction of sp³-hybridized carbons (Fsp3) is 0.0816. The third-order valence-electron chi connectivity index (χ3n) is 10.9. The van der Waals surface area contributed by atoms with Gasteiger partial charge in [0, 0.05) is 10.8 Å². The minimum absolute atomic E-state index is 0.0217. The van der Waals surface area contributed by atoms with Crippen molar-refractivity contribution in [1.29, 1.82) is 0 Å². The van der Waals surface area contributed by atoms with E-state index in [9.17, 15) is 46.1 Å². The van der Waals surface area contributed by atoms with E-state index in [1.165, 1.54) is 30.3 Å². The normalized spacial score (nSPS) is 11.9. The summed E-state index contributed by atoms with van der Waals surface area (Å²) in [7, 11) is -15.7. The van der Waals surface area contributed by atoms with Crippen LogP contribution in [0.15, 0.2) is 188 Å². The number of carboxylic acids is 1. The highest BCUT2D eigenvalue weighted by molar-refractivity contribution is 7.86. The summed E-state index contributed by atoms with van der Waals surface area (Å²) in [5, 5.41) is 74.1. The number of carbonyl (C=O) groups is 1. The Bertz CT molecular complexity index is 4370. The molecule has 5 N–H and O–H groups in total. The number of hydrogen-bond acceptors (Lipinski definition) is 23. The van der Waals surface area contributed by atoms with E-state index in [1.54, 1.807) is 73.7 Å². The van der Waals surface area contributed by atoms with Gasteiger partial charge in [0.05, 0.1) is 45.5 Å². The first kappa shape index (κ1) is 58.7. The molecule has 26 nitrogen and oxygen atoms in total. The lowest BCUT2D eigenvalue weighted by atomic mass is 10.1. The van der Waals surface area contributed by atoms with Crippen LogP contribution in [0, 0.1) is 27.7 Å². The van der Waals surface area contributed by atoms with Gasteiger partial charge < -0.3 is 15.3 Å². The van der Waals surface area contributed by atoms with Crippen LogP contribution in [0.2, 0.25) is 0 Å². The lowest BCUT2D eigenvalue weighted by molar-refractivity contribution is 0.0693. The van der Waals surface area contributed by atoms with Crippen molar-refractivity contribution in [2.24, 2.45) is 51.1 Å². The van der Waals surface area contributed by atoms with Gasteiger partial charge >= 0.3 is 27.2 Å². The molecule has 0 radical (unpaired) electrons. The number of aromatic carboxylic acids is 1. The van der Waals surface area contributed by atoms with Crippen molar-refractivity contribution < 1.29 is 71.3 Å². The van der Waals surface area contributed by atoms with Crippen molar-refractivity contribution in [1.82, 2.24) is 0 Å². The molecule has 0 aliphatic rings. The predicted octanol–water partition coefficient (Wildman–Crippen LogP) is 12.9. The highest BCUT2D eigenvalue weighted by atomic mass is 32.2. The van der Waals surface area contributed by atoms with Gasteiger partial charge in [0.2, 0.25) is 0 Å². The number of carboxylic acid groups (broad SMARTS) is 1. The van der Waals surface area contributed by atoms with Gasteiger partial charge in [0.15, 0.2) is 5.75 Å². The van der Waals surface area contributed by atoms with Crippen LogP contribution < -0.4 is 0 Å². The number of phenolic OH excluding ortho intramolecular Hbond substituents is 1. The molecule has 0 aliphatic carbocycles. The minimum Gasteiger partial charge on any atom is -0.507 e. The first-order valence-electron chi connectivity index (χ1n) is 22.0. The van der Waals surface area contributed by atoms with Crippen molar-refractivity contribution >= 4 is 126 Å². The molecule has 0 fully saturated rings. The van der Waals surface area contributed by atoms with Crippen molar-refractivity contribution in [3.05, 3.63) is 155 Å². The van der Waals surface area contributed by atoms with E-state index in [0.29, 0.717) is 56.1 Å². The van der Waals surface area contributed by atoms with E-state index >= 15 is 0 Å². The average Bonchev–Trinajstić information content (AvgIpc) is 3.54. The molecule has 0 aliphatic heterocycles. The average molecular weight is 1150 g/mol. The maximum Gasteiger partial charge on any atom is 0.425 e. The fourth-order valence-corrected chi connectivity index (χ4v) is 8.49. The Morgan fingerprint density at radius 3 is 1.34 bits per heavy atom. The van der Waals surface area contributed by atoms with Gasteiger partial charge in [-0.1, -0.05) is 18.2 Å². The second-order valence-electron chi connectivity index (χ2n) is 16.4. The molecule has 0 aromatic heterocycles. The van der Waals surface area contributed by atoms with Crippen molar-refractivity contribution in [3.63, 3.8) is 0 Å². The largest absolute Gasteiger partial charge is 0.507 e. The standard InChI is InChI=1S/C49H38N10O10S2.2O3S/c1-26-18-33(10-15-39(26)54-52-32-11-16-40(27(2)19-32)55-59-44-25-37-30(23-47(44)71(67,68)69)6-5-7-46(37)70(64,65)66)53-57-42-20-29(4)43(21-28(42)3)58-56-41-14-8-31-22-34(9-13-36(31)48(41)61)50-51-35-12-17-45(60)38(24-35)49(62)63;2*1-4(2)3/h5-25,60-61H,1-4H3,(H,62,63)(H,64,65,66)(H,67,68,69);;. The summed E-state index contributed by atoms with van der Waals surface area (Å²) in [6, 6.07) is 32.1. The highest BCUT2D eigenvalue weighted by Crippen LogP contribution is 2.40. The molecule has 8 aromatic carbocycles. The molecular formula is C49H38N10O16S4. The van der Waals surface area contributed by atoms with Gasteiger partial charge in [-0.25, -0.2) is 4.79 Å². The maximum atomic E-state index is 12.2. The van der Waals surface area contributed by atoms with Crippen LogP contribution in [-0.2, 0) is 41.5 Å². The van der Waals surface area contributed by atoms with Crippen molar-refractivity contribution in [2.45, 2.75) is 37.5 Å². The first-order valence-corrected chi connectivity index (χ1v) is 26.8. The van der Waals surface area contributed by atoms with Crippen LogP contribution in [0.5, 0.6) is 11.5 Å². The number of azo groups is 5. The summed E-state index contributed by atoms with van der Waals surface area (Å²) in [6.07, 6.45) is 0. The van der Waals surface area contributed by atoms with Gasteiger partial charge in [0.25, 0.3) is 20.2 Å². The molecule has 0 saturated carbocycles. The fourth-order valence-electron chi connectivity index (χ4n) is 7.15. The molecule has 0 spiro atoms. The van der Waals surface area contributed by atoms with Crippen LogP contribution in [-0.4, -0.2) is 72.5 Å². The Balaban J connectivity index is 0.00000118. The molecule has 30 heteroatoms. The smallest absolute Gasteiger partial charge is 0.425 e. The number of nitrogens with zero attached hydrogens (tertiary/aromatic N) is 10. The van der Waals surface area contributed by atoms with Crippen LogP contribution in [0.1, 0.15) is 32.6 Å². The summed E-state index contributed by atoms with van der Waals surface area (Å²) in [5.41, 5.74) is 6.28. The zero-order chi connectivity index (χ0) is 57.9. The molecule has 0 atom stereocenters. The first-order chi connectivity index (χ1) is 37.2.